The molecule has 0 unspecified atom stereocenters. The molecule has 0 N–H and O–H groups in total. The van der Waals surface area contributed by atoms with Crippen LogP contribution in [-0.2, 0) is 4.74 Å². The van der Waals surface area contributed by atoms with Crippen molar-refractivity contribution in [3.8, 4) is 0 Å². The minimum absolute atomic E-state index is 0.375. The fraction of sp³-hybridized carbons (Fsp3) is 0.125. The molecule has 0 heterocycles. The zero-order valence-corrected chi connectivity index (χ0v) is 11.4. The van der Waals surface area contributed by atoms with Crippen molar-refractivity contribution in [2.24, 2.45) is 0 Å². The lowest BCUT2D eigenvalue weighted by Gasteiger charge is -2.06. The number of rotatable bonds is 1. The van der Waals surface area contributed by atoms with Gasteiger partial charge in [-0.15, -0.1) is 0 Å². The molecule has 1 rings (SSSR count). The highest BCUT2D eigenvalue weighted by molar-refractivity contribution is 9.13. The number of methoxy groups -OCH3 is 1. The second-order valence-corrected chi connectivity index (χ2v) is 4.71. The van der Waals surface area contributed by atoms with Gasteiger partial charge in [-0.1, -0.05) is 0 Å². The van der Waals surface area contributed by atoms with E-state index in [1.54, 1.807) is 6.07 Å². The summed E-state index contributed by atoms with van der Waals surface area (Å²) < 4.78 is 6.84. The standard InChI is InChI=1S/C8H5Br3O2/c1-13-8(12)6-4(9)2-3-5(10)7(6)11/h2-3H,1H3. The summed E-state index contributed by atoms with van der Waals surface area (Å²) in [5, 5.41) is 0. The van der Waals surface area contributed by atoms with E-state index in [2.05, 4.69) is 52.5 Å². The fourth-order valence-corrected chi connectivity index (χ4v) is 2.41. The Morgan fingerprint density at radius 2 is 1.77 bits per heavy atom. The molecule has 0 amide bonds. The average molecular weight is 373 g/mol. The van der Waals surface area contributed by atoms with Crippen LogP contribution in [0.25, 0.3) is 0 Å². The van der Waals surface area contributed by atoms with E-state index in [-0.39, 0.29) is 5.97 Å². The maximum atomic E-state index is 11.3. The summed E-state index contributed by atoms with van der Waals surface area (Å²) in [5.41, 5.74) is 0.483. The lowest BCUT2D eigenvalue weighted by molar-refractivity contribution is 0.0598. The first-order valence-electron chi connectivity index (χ1n) is 3.29. The number of hydrogen-bond acceptors (Lipinski definition) is 2. The van der Waals surface area contributed by atoms with Crippen LogP contribution in [0, 0.1) is 0 Å². The van der Waals surface area contributed by atoms with Crippen molar-refractivity contribution in [3.63, 3.8) is 0 Å². The van der Waals surface area contributed by atoms with Crippen molar-refractivity contribution >= 4 is 53.8 Å². The molecule has 0 aliphatic rings. The van der Waals surface area contributed by atoms with Crippen molar-refractivity contribution in [3.05, 3.63) is 31.1 Å². The van der Waals surface area contributed by atoms with Gasteiger partial charge in [0.05, 0.1) is 12.7 Å². The quantitative estimate of drug-likeness (QED) is 0.554. The molecule has 0 aliphatic carbocycles. The lowest BCUT2D eigenvalue weighted by Crippen LogP contribution is -2.03. The Balaban J connectivity index is 3.33. The molecular formula is C8H5Br3O2. The van der Waals surface area contributed by atoms with E-state index in [1.807, 2.05) is 6.07 Å². The number of carbonyl (C=O) groups is 1. The summed E-state index contributed by atoms with van der Waals surface area (Å²) in [4.78, 5) is 11.3. The van der Waals surface area contributed by atoms with Crippen molar-refractivity contribution in [2.45, 2.75) is 0 Å². The second kappa shape index (κ2) is 4.57. The molecule has 0 aromatic heterocycles. The van der Waals surface area contributed by atoms with Crippen LogP contribution in [0.2, 0.25) is 0 Å². The van der Waals surface area contributed by atoms with Gasteiger partial charge in [-0.05, 0) is 59.9 Å². The van der Waals surface area contributed by atoms with Gasteiger partial charge >= 0.3 is 5.97 Å². The van der Waals surface area contributed by atoms with E-state index < -0.39 is 0 Å². The van der Waals surface area contributed by atoms with E-state index in [0.29, 0.717) is 14.5 Å². The SMILES string of the molecule is COC(=O)c1c(Br)ccc(Br)c1Br. The van der Waals surface area contributed by atoms with Gasteiger partial charge in [-0.3, -0.25) is 0 Å². The van der Waals surface area contributed by atoms with Crippen molar-refractivity contribution in [2.75, 3.05) is 7.11 Å². The largest absolute Gasteiger partial charge is 0.465 e. The summed E-state index contributed by atoms with van der Waals surface area (Å²) in [6.45, 7) is 0. The number of esters is 1. The summed E-state index contributed by atoms with van der Waals surface area (Å²) in [6.07, 6.45) is 0. The van der Waals surface area contributed by atoms with Gasteiger partial charge in [-0.25, -0.2) is 4.79 Å². The van der Waals surface area contributed by atoms with Gasteiger partial charge in [0.25, 0.3) is 0 Å². The third kappa shape index (κ3) is 2.33. The number of halogens is 3. The molecule has 1 aromatic carbocycles. The molecule has 0 saturated carbocycles. The Bertz CT molecular complexity index is 349. The van der Waals surface area contributed by atoms with Gasteiger partial charge in [0.2, 0.25) is 0 Å². The highest BCUT2D eigenvalue weighted by Crippen LogP contribution is 2.32. The van der Waals surface area contributed by atoms with Crippen LogP contribution < -0.4 is 0 Å². The molecule has 0 radical (unpaired) electrons. The highest BCUT2D eigenvalue weighted by Gasteiger charge is 2.16. The maximum Gasteiger partial charge on any atom is 0.340 e. The smallest absolute Gasteiger partial charge is 0.340 e. The van der Waals surface area contributed by atoms with E-state index in [0.717, 1.165) is 4.47 Å². The first-order valence-corrected chi connectivity index (χ1v) is 5.67. The fourth-order valence-electron chi connectivity index (χ4n) is 0.816. The van der Waals surface area contributed by atoms with Gasteiger partial charge in [0.15, 0.2) is 0 Å². The van der Waals surface area contributed by atoms with E-state index in [9.17, 15) is 4.79 Å². The number of hydrogen-bond donors (Lipinski definition) is 0. The van der Waals surface area contributed by atoms with E-state index >= 15 is 0 Å². The Kier molecular flexibility index (Phi) is 3.94. The van der Waals surface area contributed by atoms with Crippen LogP contribution in [0.4, 0.5) is 0 Å². The van der Waals surface area contributed by atoms with Crippen LogP contribution in [-0.4, -0.2) is 13.1 Å². The third-order valence-electron chi connectivity index (χ3n) is 1.43. The van der Waals surface area contributed by atoms with Crippen LogP contribution >= 0.6 is 47.8 Å². The number of carbonyl (C=O) groups excluding carboxylic acids is 1. The van der Waals surface area contributed by atoms with Crippen LogP contribution in [0.3, 0.4) is 0 Å². The van der Waals surface area contributed by atoms with Crippen LogP contribution in [0.1, 0.15) is 10.4 Å². The minimum Gasteiger partial charge on any atom is -0.465 e. The molecule has 5 heteroatoms. The van der Waals surface area contributed by atoms with Gasteiger partial charge in [0.1, 0.15) is 0 Å². The topological polar surface area (TPSA) is 26.3 Å². The van der Waals surface area contributed by atoms with Crippen molar-refractivity contribution in [1.82, 2.24) is 0 Å². The molecule has 0 fully saturated rings. The molecule has 0 bridgehead atoms. The Labute approximate surface area is 101 Å². The molecule has 0 saturated heterocycles. The monoisotopic (exact) mass is 370 g/mol. The first-order chi connectivity index (χ1) is 6.07. The van der Waals surface area contributed by atoms with Crippen LogP contribution in [0.15, 0.2) is 25.6 Å². The number of benzene rings is 1. The molecule has 0 aliphatic heterocycles. The molecule has 1 aromatic rings. The normalized spacial score (nSPS) is 9.85. The molecule has 0 atom stereocenters. The zero-order valence-electron chi connectivity index (χ0n) is 6.61. The molecule has 70 valence electrons. The molecule has 13 heavy (non-hydrogen) atoms. The maximum absolute atomic E-state index is 11.3. The highest BCUT2D eigenvalue weighted by atomic mass is 79.9. The third-order valence-corrected chi connectivity index (χ3v) is 4.11. The van der Waals surface area contributed by atoms with Crippen molar-refractivity contribution in [1.29, 1.82) is 0 Å². The summed E-state index contributed by atoms with van der Waals surface area (Å²) in [5.74, 6) is -0.375. The summed E-state index contributed by atoms with van der Waals surface area (Å²) in [7, 11) is 1.35. The predicted molar refractivity (Wildman–Crippen MR) is 60.9 cm³/mol. The van der Waals surface area contributed by atoms with E-state index in [4.69, 9.17) is 0 Å². The number of ether oxygens (including phenoxy) is 1. The first kappa shape index (κ1) is 11.2. The zero-order chi connectivity index (χ0) is 10.0. The summed E-state index contributed by atoms with van der Waals surface area (Å²) in [6, 6.07) is 3.61. The molecular weight excluding hydrogens is 368 g/mol. The second-order valence-electron chi connectivity index (χ2n) is 2.21. The van der Waals surface area contributed by atoms with E-state index in [1.165, 1.54) is 7.11 Å². The molecule has 2 nitrogen and oxygen atoms in total. The minimum atomic E-state index is -0.375. The summed E-state index contributed by atoms with van der Waals surface area (Å²) >= 11 is 9.87. The van der Waals surface area contributed by atoms with Crippen LogP contribution in [0.5, 0.6) is 0 Å². The van der Waals surface area contributed by atoms with Crippen molar-refractivity contribution < 1.29 is 9.53 Å². The van der Waals surface area contributed by atoms with Gasteiger partial charge in [0, 0.05) is 13.4 Å². The lowest BCUT2D eigenvalue weighted by atomic mass is 10.2. The van der Waals surface area contributed by atoms with Gasteiger partial charge in [-0.2, -0.15) is 0 Å². The average Bonchev–Trinajstić information content (AvgIpc) is 2.12. The molecule has 0 spiro atoms. The Morgan fingerprint density at radius 1 is 1.23 bits per heavy atom. The Hall–Kier alpha value is 0.130. The Morgan fingerprint density at radius 3 is 2.31 bits per heavy atom. The predicted octanol–water partition coefficient (Wildman–Crippen LogP) is 3.76. The van der Waals surface area contributed by atoms with Gasteiger partial charge < -0.3 is 4.74 Å².